The Bertz CT molecular complexity index is 769. The SMILES string of the molecule is Cc1nc(C(C)(C)C)oc1CCC(=O)NC1CCN(Cc2ccccc2)CC1. The molecule has 1 fully saturated rings. The van der Waals surface area contributed by atoms with Gasteiger partial charge >= 0.3 is 0 Å². The van der Waals surface area contributed by atoms with E-state index in [4.69, 9.17) is 4.42 Å². The number of carbonyl (C=O) groups excluding carboxylic acids is 1. The molecule has 0 unspecified atom stereocenters. The van der Waals surface area contributed by atoms with Crippen LogP contribution in [0.5, 0.6) is 0 Å². The Hall–Kier alpha value is -2.14. The van der Waals surface area contributed by atoms with Gasteiger partial charge in [0.2, 0.25) is 5.91 Å². The van der Waals surface area contributed by atoms with Gasteiger partial charge in [-0.2, -0.15) is 0 Å². The minimum atomic E-state index is -0.112. The Morgan fingerprint density at radius 3 is 2.50 bits per heavy atom. The van der Waals surface area contributed by atoms with Crippen LogP contribution in [0.4, 0.5) is 0 Å². The van der Waals surface area contributed by atoms with Crippen molar-refractivity contribution < 1.29 is 9.21 Å². The number of aryl methyl sites for hydroxylation is 2. The maximum absolute atomic E-state index is 12.4. The molecule has 1 N–H and O–H groups in total. The van der Waals surface area contributed by atoms with Gasteiger partial charge in [0.1, 0.15) is 5.76 Å². The number of nitrogens with one attached hydrogen (secondary N) is 1. The van der Waals surface area contributed by atoms with Gasteiger partial charge in [-0.05, 0) is 25.3 Å². The van der Waals surface area contributed by atoms with E-state index in [1.807, 2.05) is 6.92 Å². The van der Waals surface area contributed by atoms with E-state index in [2.05, 4.69) is 66.3 Å². The largest absolute Gasteiger partial charge is 0.445 e. The molecule has 1 aliphatic heterocycles. The normalized spacial score (nSPS) is 16.3. The fourth-order valence-corrected chi connectivity index (χ4v) is 3.58. The quantitative estimate of drug-likeness (QED) is 0.819. The molecule has 2 aromatic rings. The highest BCUT2D eigenvalue weighted by Crippen LogP contribution is 2.24. The summed E-state index contributed by atoms with van der Waals surface area (Å²) in [6.45, 7) is 11.2. The number of hydrogen-bond donors (Lipinski definition) is 1. The molecule has 152 valence electrons. The molecule has 2 heterocycles. The number of amides is 1. The number of benzene rings is 1. The number of carbonyl (C=O) groups is 1. The van der Waals surface area contributed by atoms with Crippen molar-refractivity contribution in [3.8, 4) is 0 Å². The Balaban J connectivity index is 1.41. The summed E-state index contributed by atoms with van der Waals surface area (Å²) >= 11 is 0. The molecule has 0 saturated carbocycles. The third-order valence-electron chi connectivity index (χ3n) is 5.32. The third-order valence-corrected chi connectivity index (χ3v) is 5.32. The van der Waals surface area contributed by atoms with Gasteiger partial charge in [-0.3, -0.25) is 9.69 Å². The van der Waals surface area contributed by atoms with E-state index in [1.165, 1.54) is 5.56 Å². The van der Waals surface area contributed by atoms with Gasteiger partial charge in [0, 0.05) is 43.9 Å². The third kappa shape index (κ3) is 5.68. The van der Waals surface area contributed by atoms with E-state index in [-0.39, 0.29) is 17.4 Å². The number of oxazole rings is 1. The highest BCUT2D eigenvalue weighted by Gasteiger charge is 2.23. The second-order valence-corrected chi connectivity index (χ2v) is 8.88. The molecule has 28 heavy (non-hydrogen) atoms. The molecular formula is C23H33N3O2. The number of nitrogens with zero attached hydrogens (tertiary/aromatic N) is 2. The Morgan fingerprint density at radius 2 is 1.89 bits per heavy atom. The van der Waals surface area contributed by atoms with Gasteiger partial charge in [-0.15, -0.1) is 0 Å². The van der Waals surface area contributed by atoms with Crippen molar-refractivity contribution in [2.45, 2.75) is 71.4 Å². The second kappa shape index (κ2) is 8.91. The van der Waals surface area contributed by atoms with E-state index in [9.17, 15) is 4.79 Å². The molecule has 1 aliphatic rings. The smallest absolute Gasteiger partial charge is 0.220 e. The summed E-state index contributed by atoms with van der Waals surface area (Å²) in [5.74, 6) is 1.68. The van der Waals surface area contributed by atoms with Crippen LogP contribution in [0.2, 0.25) is 0 Å². The lowest BCUT2D eigenvalue weighted by atomic mass is 9.97. The number of likely N-dealkylation sites (tertiary alicyclic amines) is 1. The summed E-state index contributed by atoms with van der Waals surface area (Å²) in [4.78, 5) is 19.4. The summed E-state index contributed by atoms with van der Waals surface area (Å²) < 4.78 is 5.89. The maximum Gasteiger partial charge on any atom is 0.220 e. The first-order valence-corrected chi connectivity index (χ1v) is 10.3. The van der Waals surface area contributed by atoms with Crippen molar-refractivity contribution in [1.29, 1.82) is 0 Å². The first kappa shape index (κ1) is 20.6. The highest BCUT2D eigenvalue weighted by atomic mass is 16.4. The monoisotopic (exact) mass is 383 g/mol. The molecule has 5 nitrogen and oxygen atoms in total. The molecule has 0 spiro atoms. The Morgan fingerprint density at radius 1 is 1.21 bits per heavy atom. The van der Waals surface area contributed by atoms with Crippen molar-refractivity contribution in [2.75, 3.05) is 13.1 Å². The van der Waals surface area contributed by atoms with Crippen LogP contribution in [0.25, 0.3) is 0 Å². The van der Waals surface area contributed by atoms with Crippen molar-refractivity contribution in [3.05, 3.63) is 53.2 Å². The minimum absolute atomic E-state index is 0.106. The van der Waals surface area contributed by atoms with E-state index in [1.54, 1.807) is 0 Å². The zero-order valence-corrected chi connectivity index (χ0v) is 17.6. The lowest BCUT2D eigenvalue weighted by Crippen LogP contribution is -2.44. The van der Waals surface area contributed by atoms with Gasteiger partial charge < -0.3 is 9.73 Å². The van der Waals surface area contributed by atoms with E-state index in [0.717, 1.165) is 49.8 Å². The van der Waals surface area contributed by atoms with Crippen molar-refractivity contribution in [1.82, 2.24) is 15.2 Å². The number of aromatic nitrogens is 1. The van der Waals surface area contributed by atoms with Crippen LogP contribution < -0.4 is 5.32 Å². The van der Waals surface area contributed by atoms with Gasteiger partial charge in [0.15, 0.2) is 5.89 Å². The fourth-order valence-electron chi connectivity index (χ4n) is 3.58. The average molecular weight is 384 g/mol. The molecule has 0 atom stereocenters. The summed E-state index contributed by atoms with van der Waals surface area (Å²) in [7, 11) is 0. The summed E-state index contributed by atoms with van der Waals surface area (Å²) in [6, 6.07) is 10.8. The Kier molecular flexibility index (Phi) is 6.55. The van der Waals surface area contributed by atoms with Gasteiger partial charge in [-0.1, -0.05) is 51.1 Å². The van der Waals surface area contributed by atoms with E-state index in [0.29, 0.717) is 12.8 Å². The number of piperidine rings is 1. The highest BCUT2D eigenvalue weighted by molar-refractivity contribution is 5.76. The van der Waals surface area contributed by atoms with Crippen LogP contribution in [0.3, 0.4) is 0 Å². The van der Waals surface area contributed by atoms with Crippen molar-refractivity contribution >= 4 is 5.91 Å². The zero-order chi connectivity index (χ0) is 20.1. The van der Waals surface area contributed by atoms with Crippen molar-refractivity contribution in [2.24, 2.45) is 0 Å². The van der Waals surface area contributed by atoms with Crippen LogP contribution in [-0.4, -0.2) is 34.9 Å². The molecule has 1 saturated heterocycles. The molecule has 0 aliphatic carbocycles. The Labute approximate surface area is 168 Å². The molecule has 3 rings (SSSR count). The standard InChI is InChI=1S/C23H33N3O2/c1-17-20(28-22(24-17)23(2,3)4)10-11-21(27)25-19-12-14-26(15-13-19)16-18-8-6-5-7-9-18/h5-9,19H,10-16H2,1-4H3,(H,25,27). The number of hydrogen-bond acceptors (Lipinski definition) is 4. The minimum Gasteiger partial charge on any atom is -0.445 e. The second-order valence-electron chi connectivity index (χ2n) is 8.88. The van der Waals surface area contributed by atoms with Crippen LogP contribution in [0.1, 0.15) is 62.9 Å². The molecule has 1 amide bonds. The molecule has 0 bridgehead atoms. The van der Waals surface area contributed by atoms with Crippen LogP contribution in [0, 0.1) is 6.92 Å². The first-order valence-electron chi connectivity index (χ1n) is 10.3. The average Bonchev–Trinajstić information content (AvgIpc) is 3.04. The fraction of sp³-hybridized carbons (Fsp3) is 0.565. The van der Waals surface area contributed by atoms with Crippen molar-refractivity contribution in [3.63, 3.8) is 0 Å². The van der Waals surface area contributed by atoms with Gasteiger partial charge in [0.05, 0.1) is 5.69 Å². The maximum atomic E-state index is 12.4. The first-order chi connectivity index (χ1) is 13.3. The lowest BCUT2D eigenvalue weighted by molar-refractivity contribution is -0.122. The van der Waals surface area contributed by atoms with Crippen LogP contribution in [-0.2, 0) is 23.2 Å². The lowest BCUT2D eigenvalue weighted by Gasteiger charge is -2.32. The zero-order valence-electron chi connectivity index (χ0n) is 17.6. The van der Waals surface area contributed by atoms with E-state index >= 15 is 0 Å². The summed E-state index contributed by atoms with van der Waals surface area (Å²) in [5.41, 5.74) is 2.13. The van der Waals surface area contributed by atoms with Crippen LogP contribution in [0.15, 0.2) is 34.7 Å². The predicted octanol–water partition coefficient (Wildman–Crippen LogP) is 3.99. The molecule has 1 aromatic heterocycles. The predicted molar refractivity (Wildman–Crippen MR) is 111 cm³/mol. The molecule has 1 aromatic carbocycles. The summed E-state index contributed by atoms with van der Waals surface area (Å²) in [6.07, 6.45) is 3.07. The number of rotatable bonds is 6. The topological polar surface area (TPSA) is 58.4 Å². The van der Waals surface area contributed by atoms with Gasteiger partial charge in [0.25, 0.3) is 0 Å². The molecule has 5 heteroatoms. The van der Waals surface area contributed by atoms with Gasteiger partial charge in [-0.25, -0.2) is 4.98 Å². The van der Waals surface area contributed by atoms with Crippen LogP contribution >= 0.6 is 0 Å². The molecule has 0 radical (unpaired) electrons. The molecular weight excluding hydrogens is 350 g/mol. The summed E-state index contributed by atoms with van der Waals surface area (Å²) in [5, 5.41) is 3.20. The van der Waals surface area contributed by atoms with E-state index < -0.39 is 0 Å².